The summed E-state index contributed by atoms with van der Waals surface area (Å²) in [6, 6.07) is -0.888. The lowest BCUT2D eigenvalue weighted by Crippen LogP contribution is -2.47. The summed E-state index contributed by atoms with van der Waals surface area (Å²) in [6.07, 6.45) is 75.6. The second-order valence-corrected chi connectivity index (χ2v) is 26.8. The molecule has 0 aromatic carbocycles. The van der Waals surface area contributed by atoms with Crippen molar-refractivity contribution in [1.82, 2.24) is 5.32 Å². The average molecular weight is 1160 g/mol. The predicted octanol–water partition coefficient (Wildman–Crippen LogP) is 21.6. The average Bonchev–Trinajstić information content (AvgIpc) is 3.43. The number of nitrogens with zero attached hydrogens (tertiary/aromatic N) is 1. The Morgan fingerprint density at radius 1 is 0.432 bits per heavy atom. The van der Waals surface area contributed by atoms with Crippen LogP contribution in [0.25, 0.3) is 0 Å². The summed E-state index contributed by atoms with van der Waals surface area (Å²) < 4.78 is 30.4. The minimum atomic E-state index is -4.70. The van der Waals surface area contributed by atoms with Crippen molar-refractivity contribution in [1.29, 1.82) is 0 Å². The first-order chi connectivity index (χ1) is 39.4. The minimum Gasteiger partial charge on any atom is -0.756 e. The second-order valence-electron chi connectivity index (χ2n) is 25.4. The van der Waals surface area contributed by atoms with E-state index in [1.54, 1.807) is 0 Å². The van der Waals surface area contributed by atoms with Crippen LogP contribution in [0.3, 0.4) is 0 Å². The monoisotopic (exact) mass is 1160 g/mol. The van der Waals surface area contributed by atoms with Gasteiger partial charge in [0.2, 0.25) is 5.91 Å². The number of likely N-dealkylation sites (N-methyl/N-ethyl adjacent to an activating group) is 1. The van der Waals surface area contributed by atoms with Gasteiger partial charge in [0.15, 0.2) is 0 Å². The Labute approximate surface area is 504 Å². The summed E-state index contributed by atoms with van der Waals surface area (Å²) in [5.41, 5.74) is 0. The Balaban J connectivity index is 4.94. The van der Waals surface area contributed by atoms with Crippen molar-refractivity contribution in [3.8, 4) is 0 Å². The van der Waals surface area contributed by atoms with E-state index in [9.17, 15) is 19.0 Å². The zero-order valence-corrected chi connectivity index (χ0v) is 55.7. The van der Waals surface area contributed by atoms with E-state index in [4.69, 9.17) is 13.8 Å². The molecule has 1 amide bonds. The van der Waals surface area contributed by atoms with Crippen molar-refractivity contribution in [2.24, 2.45) is 0 Å². The first kappa shape index (κ1) is 79.2. The Kier molecular flexibility index (Phi) is 60.0. The first-order valence-electron chi connectivity index (χ1n) is 35.3. The highest BCUT2D eigenvalue weighted by Crippen LogP contribution is 2.38. The number of carbonyl (C=O) groups excluding carboxylic acids is 2. The fourth-order valence-electron chi connectivity index (χ4n) is 10.6. The van der Waals surface area contributed by atoms with Gasteiger partial charge in [0, 0.05) is 12.8 Å². The van der Waals surface area contributed by atoms with E-state index in [1.807, 2.05) is 33.3 Å². The first-order valence-corrected chi connectivity index (χ1v) is 36.8. The van der Waals surface area contributed by atoms with Gasteiger partial charge < -0.3 is 28.5 Å². The van der Waals surface area contributed by atoms with Crippen LogP contribution in [0.4, 0.5) is 0 Å². The quantitative estimate of drug-likeness (QED) is 0.0212. The molecule has 1 N–H and O–H groups in total. The van der Waals surface area contributed by atoms with E-state index >= 15 is 0 Å². The van der Waals surface area contributed by atoms with Crippen molar-refractivity contribution in [3.05, 3.63) is 36.5 Å². The van der Waals surface area contributed by atoms with Crippen molar-refractivity contribution < 1.29 is 37.3 Å². The maximum absolute atomic E-state index is 13.6. The molecule has 0 aliphatic heterocycles. The van der Waals surface area contributed by atoms with E-state index in [0.29, 0.717) is 17.4 Å². The van der Waals surface area contributed by atoms with Gasteiger partial charge in [0.1, 0.15) is 19.3 Å². The number of carbonyl (C=O) groups is 2. The van der Waals surface area contributed by atoms with Crippen LogP contribution in [0, 0.1) is 0 Å². The molecule has 0 aromatic heterocycles. The number of esters is 1. The second kappa shape index (κ2) is 61.3. The zero-order valence-electron chi connectivity index (χ0n) is 54.8. The Morgan fingerprint density at radius 2 is 0.753 bits per heavy atom. The molecule has 0 spiro atoms. The van der Waals surface area contributed by atoms with Crippen LogP contribution < -0.4 is 10.2 Å². The van der Waals surface area contributed by atoms with Crippen molar-refractivity contribution in [3.63, 3.8) is 0 Å². The number of phosphoric ester groups is 1. The van der Waals surface area contributed by atoms with Crippen LogP contribution in [0.2, 0.25) is 0 Å². The number of nitrogens with one attached hydrogen (secondary N) is 1. The van der Waals surface area contributed by atoms with Crippen LogP contribution in [-0.4, -0.2) is 69.4 Å². The predicted molar refractivity (Wildman–Crippen MR) is 349 cm³/mol. The number of hydrogen-bond donors (Lipinski definition) is 1. The highest BCUT2D eigenvalue weighted by Gasteiger charge is 2.27. The molecule has 0 aromatic rings. The number of amides is 1. The van der Waals surface area contributed by atoms with Crippen LogP contribution in [0.1, 0.15) is 355 Å². The van der Waals surface area contributed by atoms with E-state index in [0.717, 1.165) is 77.0 Å². The Morgan fingerprint density at radius 3 is 1.14 bits per heavy atom. The van der Waals surface area contributed by atoms with Gasteiger partial charge in [0.25, 0.3) is 7.82 Å². The maximum atomic E-state index is 13.6. The largest absolute Gasteiger partial charge is 0.756 e. The summed E-state index contributed by atoms with van der Waals surface area (Å²) in [4.78, 5) is 40.1. The summed E-state index contributed by atoms with van der Waals surface area (Å²) in [6.45, 7) is 6.86. The molecule has 81 heavy (non-hydrogen) atoms. The van der Waals surface area contributed by atoms with Crippen LogP contribution in [0.5, 0.6) is 0 Å². The third-order valence-electron chi connectivity index (χ3n) is 16.1. The Bertz CT molecular complexity index is 1480. The molecular weight excluding hydrogens is 1020 g/mol. The van der Waals surface area contributed by atoms with Gasteiger partial charge in [-0.25, -0.2) is 0 Å². The molecule has 9 nitrogen and oxygen atoms in total. The fourth-order valence-corrected chi connectivity index (χ4v) is 11.3. The standard InChI is InChI=1S/C71H137N2O7P/c1-7-10-13-16-19-22-25-27-29-31-32-33-34-35-36-37-38-39-40-42-43-45-48-51-54-57-60-63-70(74)72-68(67-79-81(76,77)78-66-65-73(4,5)6)69(62-59-56-53-50-47-24-21-18-15-12-9-3)80-71(75)64-61-58-55-52-49-46-44-41-30-28-26-23-20-17-14-11-8-2/h20,23,28,30,59,62,68-69H,7-19,21-22,24-27,29,31-58,60-61,63-67H2,1-6H3,(H-,72,74,76,77)/b23-20-,30-28-,62-59-. The highest BCUT2D eigenvalue weighted by atomic mass is 31.2. The molecule has 0 rings (SSSR count). The summed E-state index contributed by atoms with van der Waals surface area (Å²) >= 11 is 0. The molecule has 3 unspecified atom stereocenters. The van der Waals surface area contributed by atoms with Crippen LogP contribution in [-0.2, 0) is 27.9 Å². The SMILES string of the molecule is CCCCC/C=C\C/C=C\CCCCCCCCCC(=O)OC(/C=C\CCCCCCCCCCC)C(COP(=O)([O-])OCC[N+](C)(C)C)NC(=O)CCCCCCCCCCCCCCCCCCCCCCCCCCCCC. The van der Waals surface area contributed by atoms with Gasteiger partial charge >= 0.3 is 5.97 Å². The van der Waals surface area contributed by atoms with Crippen LogP contribution in [0.15, 0.2) is 36.5 Å². The maximum Gasteiger partial charge on any atom is 0.306 e. The molecule has 10 heteroatoms. The van der Waals surface area contributed by atoms with E-state index in [1.165, 1.54) is 244 Å². The van der Waals surface area contributed by atoms with Crippen molar-refractivity contribution in [2.45, 2.75) is 367 Å². The lowest BCUT2D eigenvalue weighted by molar-refractivity contribution is -0.870. The highest BCUT2D eigenvalue weighted by molar-refractivity contribution is 7.45. The van der Waals surface area contributed by atoms with E-state index in [2.05, 4.69) is 50.4 Å². The van der Waals surface area contributed by atoms with Crippen molar-refractivity contribution in [2.75, 3.05) is 40.9 Å². The normalized spacial score (nSPS) is 13.7. The molecule has 0 aliphatic carbocycles. The molecule has 478 valence electrons. The molecule has 0 fully saturated rings. The number of phosphoric acid groups is 1. The van der Waals surface area contributed by atoms with Gasteiger partial charge in [-0.15, -0.1) is 0 Å². The van der Waals surface area contributed by atoms with E-state index in [-0.39, 0.29) is 31.5 Å². The molecule has 0 radical (unpaired) electrons. The molecule has 0 saturated heterocycles. The topological polar surface area (TPSA) is 114 Å². The Hall–Kier alpha value is -1.77. The zero-order chi connectivity index (χ0) is 59.3. The number of unbranched alkanes of at least 4 members (excludes halogenated alkanes) is 45. The lowest BCUT2D eigenvalue weighted by atomic mass is 10.0. The van der Waals surface area contributed by atoms with Gasteiger partial charge in [-0.3, -0.25) is 14.2 Å². The fraction of sp³-hybridized carbons (Fsp3) is 0.887. The molecular formula is C71H137N2O7P. The van der Waals surface area contributed by atoms with Gasteiger partial charge in [0.05, 0.1) is 33.8 Å². The number of quaternary nitrogens is 1. The van der Waals surface area contributed by atoms with Crippen LogP contribution >= 0.6 is 7.82 Å². The number of ether oxygens (including phenoxy) is 1. The molecule has 0 bridgehead atoms. The number of rotatable bonds is 65. The van der Waals surface area contributed by atoms with Gasteiger partial charge in [-0.2, -0.15) is 0 Å². The summed E-state index contributed by atoms with van der Waals surface area (Å²) in [5, 5.41) is 3.04. The molecule has 3 atom stereocenters. The summed E-state index contributed by atoms with van der Waals surface area (Å²) in [7, 11) is 1.20. The third kappa shape index (κ3) is 62.6. The smallest absolute Gasteiger partial charge is 0.306 e. The third-order valence-corrected chi connectivity index (χ3v) is 17.0. The van der Waals surface area contributed by atoms with Gasteiger partial charge in [-0.05, 0) is 63.9 Å². The number of allylic oxidation sites excluding steroid dienone is 5. The van der Waals surface area contributed by atoms with E-state index < -0.39 is 20.0 Å². The molecule has 0 heterocycles. The van der Waals surface area contributed by atoms with Crippen molar-refractivity contribution >= 4 is 19.7 Å². The lowest BCUT2D eigenvalue weighted by Gasteiger charge is -2.30. The number of hydrogen-bond acceptors (Lipinski definition) is 7. The molecule has 0 aliphatic rings. The summed E-state index contributed by atoms with van der Waals surface area (Å²) in [5.74, 6) is -0.533. The van der Waals surface area contributed by atoms with Gasteiger partial charge in [-0.1, -0.05) is 314 Å². The molecule has 0 saturated carbocycles. The minimum absolute atomic E-state index is 0.0211.